The number of benzene rings is 1. The van der Waals surface area contributed by atoms with E-state index in [1.165, 1.54) is 50.9 Å². The van der Waals surface area contributed by atoms with Crippen LogP contribution in [0.1, 0.15) is 44.2 Å². The zero-order valence-corrected chi connectivity index (χ0v) is 12.7. The van der Waals surface area contributed by atoms with Crippen molar-refractivity contribution in [2.45, 2.75) is 38.6 Å². The minimum atomic E-state index is 0.495. The second-order valence-electron chi connectivity index (χ2n) is 6.59. The van der Waals surface area contributed by atoms with Crippen LogP contribution >= 0.6 is 0 Å². The Morgan fingerprint density at radius 1 is 1.15 bits per heavy atom. The Morgan fingerprint density at radius 2 is 1.85 bits per heavy atom. The lowest BCUT2D eigenvalue weighted by molar-refractivity contribution is 0.272. The van der Waals surface area contributed by atoms with Gasteiger partial charge in [0.2, 0.25) is 0 Å². The number of hydrogen-bond acceptors (Lipinski definition) is 2. The van der Waals surface area contributed by atoms with Gasteiger partial charge in [0.05, 0.1) is 0 Å². The predicted octanol–water partition coefficient (Wildman–Crippen LogP) is 3.46. The maximum atomic E-state index is 3.74. The molecule has 1 saturated heterocycles. The second kappa shape index (κ2) is 6.73. The quantitative estimate of drug-likeness (QED) is 0.853. The Bertz CT molecular complexity index is 391. The molecule has 1 aliphatic heterocycles. The fourth-order valence-corrected chi connectivity index (χ4v) is 4.03. The van der Waals surface area contributed by atoms with Crippen molar-refractivity contribution in [2.75, 3.05) is 26.2 Å². The van der Waals surface area contributed by atoms with Crippen LogP contribution in [0.25, 0.3) is 0 Å². The molecule has 0 amide bonds. The van der Waals surface area contributed by atoms with Gasteiger partial charge in [-0.2, -0.15) is 0 Å². The van der Waals surface area contributed by atoms with E-state index >= 15 is 0 Å². The van der Waals surface area contributed by atoms with Crippen LogP contribution in [-0.2, 0) is 0 Å². The van der Waals surface area contributed by atoms with Crippen molar-refractivity contribution in [1.29, 1.82) is 0 Å². The summed E-state index contributed by atoms with van der Waals surface area (Å²) in [5, 5.41) is 3.74. The Kier molecular flexibility index (Phi) is 4.74. The van der Waals surface area contributed by atoms with Crippen LogP contribution in [0.4, 0.5) is 0 Å². The van der Waals surface area contributed by atoms with Gasteiger partial charge in [-0.15, -0.1) is 0 Å². The van der Waals surface area contributed by atoms with Gasteiger partial charge in [-0.25, -0.2) is 0 Å². The van der Waals surface area contributed by atoms with Crippen molar-refractivity contribution in [1.82, 2.24) is 10.2 Å². The van der Waals surface area contributed by atoms with E-state index in [0.717, 1.165) is 18.4 Å². The summed E-state index contributed by atoms with van der Waals surface area (Å²) in [5.74, 6) is 2.00. The smallest absolute Gasteiger partial charge is 0.0449 e. The Hall–Kier alpha value is -0.860. The molecule has 1 N–H and O–H groups in total. The van der Waals surface area contributed by atoms with Crippen LogP contribution in [0.15, 0.2) is 30.3 Å². The highest BCUT2D eigenvalue weighted by atomic mass is 15.2. The van der Waals surface area contributed by atoms with Crippen molar-refractivity contribution >= 4 is 0 Å². The van der Waals surface area contributed by atoms with E-state index in [1.807, 2.05) is 0 Å². The monoisotopic (exact) mass is 272 g/mol. The normalized spacial score (nSPS) is 27.6. The number of nitrogens with zero attached hydrogens (tertiary/aromatic N) is 1. The molecule has 2 aliphatic rings. The van der Waals surface area contributed by atoms with E-state index in [-0.39, 0.29) is 0 Å². The first kappa shape index (κ1) is 14.1. The largest absolute Gasteiger partial charge is 0.309 e. The molecule has 3 rings (SSSR count). The summed E-state index contributed by atoms with van der Waals surface area (Å²) in [6, 6.07) is 11.5. The molecule has 1 saturated carbocycles. The summed E-state index contributed by atoms with van der Waals surface area (Å²) < 4.78 is 0. The summed E-state index contributed by atoms with van der Waals surface area (Å²) in [4.78, 5) is 2.70. The SMILES string of the molecule is CCCNC(CN1CC2CCCC2C1)c1ccccc1. The van der Waals surface area contributed by atoms with E-state index in [0.29, 0.717) is 6.04 Å². The first-order valence-electron chi connectivity index (χ1n) is 8.37. The molecule has 1 aromatic carbocycles. The van der Waals surface area contributed by atoms with Gasteiger partial charge >= 0.3 is 0 Å². The van der Waals surface area contributed by atoms with E-state index < -0.39 is 0 Å². The molecule has 1 aliphatic carbocycles. The molecule has 110 valence electrons. The maximum Gasteiger partial charge on any atom is 0.0449 e. The third-order valence-electron chi connectivity index (χ3n) is 5.09. The lowest BCUT2D eigenvalue weighted by Crippen LogP contribution is -2.35. The van der Waals surface area contributed by atoms with Crippen LogP contribution in [0.3, 0.4) is 0 Å². The topological polar surface area (TPSA) is 15.3 Å². The summed E-state index contributed by atoms with van der Waals surface area (Å²) in [7, 11) is 0. The lowest BCUT2D eigenvalue weighted by Gasteiger charge is -2.25. The minimum absolute atomic E-state index is 0.495. The Balaban J connectivity index is 1.61. The van der Waals surface area contributed by atoms with Gasteiger partial charge in [0.15, 0.2) is 0 Å². The molecular weight excluding hydrogens is 244 g/mol. The molecule has 2 fully saturated rings. The third kappa shape index (κ3) is 3.24. The molecule has 0 spiro atoms. The molecular formula is C18H28N2. The molecule has 0 radical (unpaired) electrons. The van der Waals surface area contributed by atoms with Crippen LogP contribution in [-0.4, -0.2) is 31.1 Å². The predicted molar refractivity (Wildman–Crippen MR) is 84.7 cm³/mol. The fourth-order valence-electron chi connectivity index (χ4n) is 4.03. The number of rotatable bonds is 6. The molecule has 1 aromatic rings. The Labute approximate surface area is 123 Å². The molecule has 3 unspecified atom stereocenters. The summed E-state index contributed by atoms with van der Waals surface area (Å²) in [6.07, 6.45) is 5.62. The van der Waals surface area contributed by atoms with Crippen molar-refractivity contribution in [2.24, 2.45) is 11.8 Å². The minimum Gasteiger partial charge on any atom is -0.309 e. The van der Waals surface area contributed by atoms with Crippen LogP contribution < -0.4 is 5.32 Å². The van der Waals surface area contributed by atoms with Crippen LogP contribution in [0.5, 0.6) is 0 Å². The first-order chi connectivity index (χ1) is 9.86. The number of fused-ring (bicyclic) bond motifs is 1. The van der Waals surface area contributed by atoms with Crippen molar-refractivity contribution in [3.05, 3.63) is 35.9 Å². The number of hydrogen-bond donors (Lipinski definition) is 1. The average Bonchev–Trinajstić information content (AvgIpc) is 3.05. The van der Waals surface area contributed by atoms with Gasteiger partial charge in [-0.3, -0.25) is 0 Å². The average molecular weight is 272 g/mol. The molecule has 2 nitrogen and oxygen atoms in total. The first-order valence-corrected chi connectivity index (χ1v) is 8.37. The summed E-state index contributed by atoms with van der Waals surface area (Å²) >= 11 is 0. The van der Waals surface area contributed by atoms with Gasteiger partial charge in [-0.05, 0) is 43.2 Å². The second-order valence-corrected chi connectivity index (χ2v) is 6.59. The third-order valence-corrected chi connectivity index (χ3v) is 5.09. The van der Waals surface area contributed by atoms with Gasteiger partial charge in [0.25, 0.3) is 0 Å². The van der Waals surface area contributed by atoms with E-state index in [4.69, 9.17) is 0 Å². The number of nitrogens with one attached hydrogen (secondary N) is 1. The van der Waals surface area contributed by atoms with Crippen molar-refractivity contribution in [3.63, 3.8) is 0 Å². The molecule has 3 atom stereocenters. The van der Waals surface area contributed by atoms with E-state index in [2.05, 4.69) is 47.5 Å². The highest BCUT2D eigenvalue weighted by Gasteiger charge is 2.36. The van der Waals surface area contributed by atoms with Crippen LogP contribution in [0, 0.1) is 11.8 Å². The molecule has 1 heterocycles. The van der Waals surface area contributed by atoms with Crippen LogP contribution in [0.2, 0.25) is 0 Å². The molecule has 2 heteroatoms. The zero-order chi connectivity index (χ0) is 13.8. The summed E-state index contributed by atoms with van der Waals surface area (Å²) in [6.45, 7) is 7.20. The van der Waals surface area contributed by atoms with Crippen molar-refractivity contribution in [3.8, 4) is 0 Å². The highest BCUT2D eigenvalue weighted by molar-refractivity contribution is 5.19. The van der Waals surface area contributed by atoms with E-state index in [1.54, 1.807) is 0 Å². The van der Waals surface area contributed by atoms with Gasteiger partial charge in [0.1, 0.15) is 0 Å². The highest BCUT2D eigenvalue weighted by Crippen LogP contribution is 2.38. The zero-order valence-electron chi connectivity index (χ0n) is 12.7. The molecule has 0 bridgehead atoms. The summed E-state index contributed by atoms with van der Waals surface area (Å²) in [5.41, 5.74) is 1.44. The number of likely N-dealkylation sites (tertiary alicyclic amines) is 1. The lowest BCUT2D eigenvalue weighted by atomic mass is 10.0. The molecule has 0 aromatic heterocycles. The van der Waals surface area contributed by atoms with Crippen molar-refractivity contribution < 1.29 is 0 Å². The molecule has 20 heavy (non-hydrogen) atoms. The van der Waals surface area contributed by atoms with E-state index in [9.17, 15) is 0 Å². The van der Waals surface area contributed by atoms with Gasteiger partial charge in [0, 0.05) is 25.7 Å². The fraction of sp³-hybridized carbons (Fsp3) is 0.667. The standard InChI is InChI=1S/C18H28N2/c1-2-11-19-18(15-7-4-3-5-8-15)14-20-12-16-9-6-10-17(16)13-20/h3-5,7-8,16-19H,2,6,9-14H2,1H3. The Morgan fingerprint density at radius 3 is 2.50 bits per heavy atom. The van der Waals surface area contributed by atoms with Gasteiger partial charge < -0.3 is 10.2 Å². The maximum absolute atomic E-state index is 3.74. The van der Waals surface area contributed by atoms with Gasteiger partial charge in [-0.1, -0.05) is 43.7 Å².